The third-order valence-electron chi connectivity index (χ3n) is 5.07. The van der Waals surface area contributed by atoms with Crippen LogP contribution in [0.2, 0.25) is 0 Å². The van der Waals surface area contributed by atoms with Crippen molar-refractivity contribution < 1.29 is 22.4 Å². The minimum Gasteiger partial charge on any atom is -0.368 e. The number of aromatic nitrogens is 4. The van der Waals surface area contributed by atoms with Crippen molar-refractivity contribution in [2.24, 2.45) is 0 Å². The highest BCUT2D eigenvalue weighted by atomic mass is 32.1. The number of carbonyl (C=O) groups excluding carboxylic acids is 1. The zero-order valence-electron chi connectivity index (χ0n) is 17.7. The van der Waals surface area contributed by atoms with E-state index >= 15 is 0 Å². The minimum absolute atomic E-state index is 0.0200. The van der Waals surface area contributed by atoms with Gasteiger partial charge in [0.05, 0.1) is 6.54 Å². The number of benzene rings is 1. The van der Waals surface area contributed by atoms with Crippen molar-refractivity contribution in [3.05, 3.63) is 59.7 Å². The van der Waals surface area contributed by atoms with Crippen molar-refractivity contribution in [1.29, 1.82) is 0 Å². The molecule has 3 heterocycles. The van der Waals surface area contributed by atoms with Gasteiger partial charge in [-0.15, -0.1) is 0 Å². The molecule has 0 bridgehead atoms. The Bertz CT molecular complexity index is 1210. The van der Waals surface area contributed by atoms with E-state index in [2.05, 4.69) is 31.7 Å². The van der Waals surface area contributed by atoms with Gasteiger partial charge in [-0.2, -0.15) is 23.4 Å². The van der Waals surface area contributed by atoms with E-state index in [1.165, 1.54) is 16.8 Å². The Balaban J connectivity index is 1.33. The molecule has 4 N–H and O–H groups in total. The predicted octanol–water partition coefficient (Wildman–Crippen LogP) is 3.21. The van der Waals surface area contributed by atoms with Crippen LogP contribution in [-0.4, -0.2) is 42.8 Å². The fourth-order valence-electron chi connectivity index (χ4n) is 3.51. The first-order valence-corrected chi connectivity index (χ1v) is 10.6. The van der Waals surface area contributed by atoms with Crippen LogP contribution in [0.1, 0.15) is 35.4 Å². The summed E-state index contributed by atoms with van der Waals surface area (Å²) in [5.41, 5.74) is 4.98. The molecule has 4 rings (SSSR count). The van der Waals surface area contributed by atoms with Crippen LogP contribution in [0.25, 0.3) is 0 Å². The van der Waals surface area contributed by atoms with Gasteiger partial charge in [0.25, 0.3) is 5.91 Å². The van der Waals surface area contributed by atoms with Crippen molar-refractivity contribution in [1.82, 2.24) is 30.4 Å². The molecule has 2 aromatic heterocycles. The summed E-state index contributed by atoms with van der Waals surface area (Å²) in [4.78, 5) is 12.4. The summed E-state index contributed by atoms with van der Waals surface area (Å²) in [6, 6.07) is 6.91. The average molecular weight is 496 g/mol. The van der Waals surface area contributed by atoms with E-state index in [0.29, 0.717) is 11.4 Å². The van der Waals surface area contributed by atoms with Gasteiger partial charge in [-0.3, -0.25) is 20.3 Å². The van der Waals surface area contributed by atoms with Crippen LogP contribution in [0.3, 0.4) is 0 Å². The number of anilines is 2. The molecule has 1 aliphatic heterocycles. The fraction of sp³-hybridized carbons (Fsp3) is 0.300. The van der Waals surface area contributed by atoms with Gasteiger partial charge >= 0.3 is 6.18 Å². The Labute approximate surface area is 196 Å². The topological polar surface area (TPSA) is 101 Å². The van der Waals surface area contributed by atoms with Gasteiger partial charge in [-0.1, -0.05) is 18.2 Å². The van der Waals surface area contributed by atoms with Crippen LogP contribution < -0.4 is 21.5 Å². The Morgan fingerprint density at radius 2 is 2.00 bits per heavy atom. The van der Waals surface area contributed by atoms with Gasteiger partial charge in [0.1, 0.15) is 11.6 Å². The molecular formula is C20H20F4N8OS. The van der Waals surface area contributed by atoms with Gasteiger partial charge < -0.3 is 10.6 Å². The Morgan fingerprint density at radius 1 is 1.24 bits per heavy atom. The van der Waals surface area contributed by atoms with E-state index in [-0.39, 0.29) is 35.4 Å². The molecule has 9 nitrogen and oxygen atoms in total. The molecule has 1 aromatic carbocycles. The number of alkyl halides is 3. The number of nitrogens with zero attached hydrogens (tertiary/aromatic N) is 4. The molecule has 1 aliphatic rings. The maximum Gasteiger partial charge on any atom is 0.410 e. The van der Waals surface area contributed by atoms with Crippen LogP contribution in [0.15, 0.2) is 42.6 Å². The second-order valence-electron chi connectivity index (χ2n) is 7.72. The van der Waals surface area contributed by atoms with E-state index < -0.39 is 24.2 Å². The Hall–Kier alpha value is -3.68. The smallest absolute Gasteiger partial charge is 0.368 e. The van der Waals surface area contributed by atoms with Gasteiger partial charge in [-0.05, 0) is 31.6 Å². The molecule has 0 aliphatic carbocycles. The van der Waals surface area contributed by atoms with Crippen molar-refractivity contribution in [3.8, 4) is 0 Å². The van der Waals surface area contributed by atoms with Crippen LogP contribution >= 0.6 is 12.2 Å². The first-order valence-electron chi connectivity index (χ1n) is 10.2. The molecule has 0 fully saturated rings. The van der Waals surface area contributed by atoms with E-state index in [1.54, 1.807) is 37.4 Å². The lowest BCUT2D eigenvalue weighted by Gasteiger charge is -2.31. The normalized spacial score (nSPS) is 17.4. The summed E-state index contributed by atoms with van der Waals surface area (Å²) in [5.74, 6) is -0.676. The zero-order valence-corrected chi connectivity index (χ0v) is 18.5. The van der Waals surface area contributed by atoms with Crippen LogP contribution in [0.5, 0.6) is 0 Å². The van der Waals surface area contributed by atoms with E-state index in [9.17, 15) is 22.4 Å². The van der Waals surface area contributed by atoms with E-state index in [1.807, 2.05) is 0 Å². The highest BCUT2D eigenvalue weighted by molar-refractivity contribution is 7.80. The minimum atomic E-state index is -4.50. The quantitative estimate of drug-likeness (QED) is 0.250. The average Bonchev–Trinajstić information content (AvgIpc) is 3.39. The van der Waals surface area contributed by atoms with Crippen LogP contribution in [-0.2, 0) is 6.54 Å². The monoisotopic (exact) mass is 496 g/mol. The number of rotatable bonds is 4. The second-order valence-corrected chi connectivity index (χ2v) is 8.13. The van der Waals surface area contributed by atoms with Gasteiger partial charge in [-0.25, -0.2) is 9.07 Å². The number of hydrogen-bond donors (Lipinski definition) is 4. The molecule has 0 radical (unpaired) electrons. The third-order valence-corrected chi connectivity index (χ3v) is 5.28. The lowest BCUT2D eigenvalue weighted by molar-refractivity contribution is -0.173. The molecule has 0 saturated heterocycles. The molecular weight excluding hydrogens is 476 g/mol. The maximum absolute atomic E-state index is 13.8. The lowest BCUT2D eigenvalue weighted by Crippen LogP contribution is -2.44. The molecule has 2 atom stereocenters. The van der Waals surface area contributed by atoms with Crippen molar-refractivity contribution in [2.75, 3.05) is 10.6 Å². The maximum atomic E-state index is 13.8. The SMILES string of the molecule is C[C@H]1C[C@H](C(F)(F)F)n2nc(C(=O)NNC(=S)Nc3ccn(Cc4ccccc4F)n3)cc2N1. The largest absolute Gasteiger partial charge is 0.410 e. The number of nitrogens with one attached hydrogen (secondary N) is 4. The Morgan fingerprint density at radius 3 is 2.74 bits per heavy atom. The first kappa shape index (κ1) is 23.5. The molecule has 14 heteroatoms. The number of hydrogen-bond acceptors (Lipinski definition) is 5. The molecule has 0 spiro atoms. The summed E-state index contributed by atoms with van der Waals surface area (Å²) in [7, 11) is 0. The predicted molar refractivity (Wildman–Crippen MR) is 120 cm³/mol. The van der Waals surface area contributed by atoms with Gasteiger partial charge in [0.15, 0.2) is 22.7 Å². The summed E-state index contributed by atoms with van der Waals surface area (Å²) in [5, 5.41) is 13.6. The number of hydrazine groups is 1. The number of amides is 1. The molecule has 3 aromatic rings. The second kappa shape index (κ2) is 9.29. The molecule has 180 valence electrons. The zero-order chi connectivity index (χ0) is 24.5. The third kappa shape index (κ3) is 5.27. The molecule has 1 amide bonds. The number of halogens is 4. The van der Waals surface area contributed by atoms with E-state index in [0.717, 1.165) is 4.68 Å². The lowest BCUT2D eigenvalue weighted by atomic mass is 10.1. The highest BCUT2D eigenvalue weighted by Crippen LogP contribution is 2.39. The molecule has 0 unspecified atom stereocenters. The summed E-state index contributed by atoms with van der Waals surface area (Å²) < 4.78 is 56.1. The van der Waals surface area contributed by atoms with Gasteiger partial charge in [0, 0.05) is 29.9 Å². The van der Waals surface area contributed by atoms with Crippen LogP contribution in [0.4, 0.5) is 29.2 Å². The number of carbonyl (C=O) groups is 1. The van der Waals surface area contributed by atoms with Crippen molar-refractivity contribution >= 4 is 34.9 Å². The van der Waals surface area contributed by atoms with Gasteiger partial charge in [0.2, 0.25) is 0 Å². The molecule has 0 saturated carbocycles. The first-order chi connectivity index (χ1) is 16.1. The van der Waals surface area contributed by atoms with Crippen molar-refractivity contribution in [3.63, 3.8) is 0 Å². The fourth-order valence-corrected chi connectivity index (χ4v) is 3.67. The Kier molecular flexibility index (Phi) is 6.41. The van der Waals surface area contributed by atoms with E-state index in [4.69, 9.17) is 12.2 Å². The van der Waals surface area contributed by atoms with Crippen molar-refractivity contribution in [2.45, 2.75) is 38.1 Å². The summed E-state index contributed by atoms with van der Waals surface area (Å²) in [6.45, 7) is 1.83. The number of thiocarbonyl (C=S) groups is 1. The summed E-state index contributed by atoms with van der Waals surface area (Å²) >= 11 is 5.10. The standard InChI is InChI=1S/C20H20F4N8OS/c1-11-8-15(20(22,23)24)32-17(25-11)9-14(29-32)18(33)27-28-19(34)26-16-6-7-31(30-16)10-12-4-2-3-5-13(12)21/h2-7,9,11,15,25H,8,10H2,1H3,(H,27,33)(H2,26,28,30,34)/t11-,15+/m0/s1. The molecule has 34 heavy (non-hydrogen) atoms. The highest BCUT2D eigenvalue weighted by Gasteiger charge is 2.45. The summed E-state index contributed by atoms with van der Waals surface area (Å²) in [6.07, 6.45) is -3.07. The number of fused-ring (bicyclic) bond motifs is 1. The van der Waals surface area contributed by atoms with Crippen LogP contribution in [0, 0.1) is 5.82 Å².